The van der Waals surface area contributed by atoms with Crippen LogP contribution in [0.3, 0.4) is 0 Å². The zero-order valence-electron chi connectivity index (χ0n) is 16.2. The first-order valence-electron chi connectivity index (χ1n) is 10.2. The number of fused-ring (bicyclic) bond motifs is 2. The number of benzene rings is 1. The van der Waals surface area contributed by atoms with Crippen molar-refractivity contribution in [2.45, 2.75) is 51.7 Å². The van der Waals surface area contributed by atoms with Crippen molar-refractivity contribution in [3.05, 3.63) is 48.0 Å². The van der Waals surface area contributed by atoms with Crippen LogP contribution in [0, 0.1) is 23.2 Å². The molecule has 1 aliphatic heterocycles. The maximum absolute atomic E-state index is 12.7. The van der Waals surface area contributed by atoms with E-state index < -0.39 is 0 Å². The van der Waals surface area contributed by atoms with Crippen LogP contribution < -0.4 is 4.90 Å². The Labute approximate surface area is 157 Å². The quantitative estimate of drug-likeness (QED) is 0.666. The molecule has 1 aromatic rings. The highest BCUT2D eigenvalue weighted by Crippen LogP contribution is 2.56. The van der Waals surface area contributed by atoms with E-state index in [-0.39, 0.29) is 23.4 Å². The molecule has 2 saturated carbocycles. The molecule has 6 atom stereocenters. The fourth-order valence-electron chi connectivity index (χ4n) is 5.88. The normalized spacial score (nSPS) is 37.6. The zero-order chi connectivity index (χ0) is 18.3. The van der Waals surface area contributed by atoms with Gasteiger partial charge in [-0.3, -0.25) is 4.79 Å². The number of carbonyl (C=O) groups is 1. The van der Waals surface area contributed by atoms with Crippen LogP contribution in [0.4, 0.5) is 0 Å². The summed E-state index contributed by atoms with van der Waals surface area (Å²) in [5.41, 5.74) is 3.03. The molecule has 4 rings (SSSR count). The number of quaternary nitrogens is 1. The summed E-state index contributed by atoms with van der Waals surface area (Å²) < 4.78 is 5.90. The summed E-state index contributed by atoms with van der Waals surface area (Å²) in [6, 6.07) is 10.5. The van der Waals surface area contributed by atoms with Crippen molar-refractivity contribution in [2.24, 2.45) is 23.2 Å². The molecule has 1 heterocycles. The van der Waals surface area contributed by atoms with Crippen LogP contribution in [0.25, 0.3) is 0 Å². The Bertz CT molecular complexity index is 685. The maximum atomic E-state index is 12.7. The molecule has 0 bridgehead atoms. The number of hydrogen-bond acceptors (Lipinski definition) is 2. The van der Waals surface area contributed by atoms with Crippen LogP contribution in [-0.4, -0.2) is 25.7 Å². The highest BCUT2D eigenvalue weighted by molar-refractivity contribution is 5.75. The minimum Gasteiger partial charge on any atom is -0.462 e. The largest absolute Gasteiger partial charge is 0.462 e. The van der Waals surface area contributed by atoms with E-state index in [1.54, 1.807) is 0 Å². The third-order valence-electron chi connectivity index (χ3n) is 7.24. The Kier molecular flexibility index (Phi) is 4.68. The topological polar surface area (TPSA) is 30.7 Å². The minimum absolute atomic E-state index is 0.0419. The summed E-state index contributed by atoms with van der Waals surface area (Å²) in [5, 5.41) is 0. The molecule has 0 amide bonds. The molecule has 3 heteroatoms. The Hall–Kier alpha value is -1.61. The van der Waals surface area contributed by atoms with Gasteiger partial charge in [0.05, 0.1) is 13.6 Å². The van der Waals surface area contributed by atoms with Crippen molar-refractivity contribution in [3.8, 4) is 0 Å². The lowest BCUT2D eigenvalue weighted by molar-refractivity contribution is -0.896. The lowest BCUT2D eigenvalue weighted by Gasteiger charge is -2.50. The van der Waals surface area contributed by atoms with Crippen LogP contribution in [-0.2, 0) is 16.1 Å². The van der Waals surface area contributed by atoms with Gasteiger partial charge in [-0.2, -0.15) is 0 Å². The van der Waals surface area contributed by atoms with Gasteiger partial charge in [0.15, 0.2) is 0 Å². The second kappa shape index (κ2) is 6.84. The first kappa shape index (κ1) is 17.8. The summed E-state index contributed by atoms with van der Waals surface area (Å²) in [7, 11) is 2.19. The smallest absolute Gasteiger partial charge is 0.315 e. The van der Waals surface area contributed by atoms with Gasteiger partial charge in [-0.05, 0) is 43.4 Å². The van der Waals surface area contributed by atoms with E-state index in [2.05, 4.69) is 44.8 Å². The highest BCUT2D eigenvalue weighted by atomic mass is 16.6. The molecule has 1 unspecified atom stereocenters. The summed E-state index contributed by atoms with van der Waals surface area (Å²) in [6.45, 7) is 8.60. The number of ether oxygens (including phenoxy) is 1. The summed E-state index contributed by atoms with van der Waals surface area (Å²) in [5.74, 6) is 1.04. The monoisotopic (exact) mass is 354 g/mol. The van der Waals surface area contributed by atoms with E-state index in [1.165, 1.54) is 28.9 Å². The molecule has 3 aliphatic rings. The standard InChI is InChI=1S/C23H31NO2/c1-16-8-7-11-23(2)13-21-18(12-20(16)23)19(22(25)26-21)15-24(3)14-17-9-5-4-6-10-17/h4-6,9-10,18-21H,1,7-8,11-15H2,2-3H3/p+1/t18-,19-,20-,21+,23-/m0/s1. The van der Waals surface area contributed by atoms with Crippen LogP contribution in [0.15, 0.2) is 42.5 Å². The Morgan fingerprint density at radius 3 is 2.85 bits per heavy atom. The van der Waals surface area contributed by atoms with Crippen LogP contribution >= 0.6 is 0 Å². The van der Waals surface area contributed by atoms with E-state index in [0.29, 0.717) is 11.8 Å². The summed E-state index contributed by atoms with van der Waals surface area (Å²) >= 11 is 0. The molecular weight excluding hydrogens is 322 g/mol. The average molecular weight is 355 g/mol. The Morgan fingerprint density at radius 1 is 1.31 bits per heavy atom. The molecule has 0 radical (unpaired) electrons. The van der Waals surface area contributed by atoms with Crippen LogP contribution in [0.1, 0.15) is 44.6 Å². The number of hydrogen-bond donors (Lipinski definition) is 1. The highest BCUT2D eigenvalue weighted by Gasteiger charge is 2.55. The summed E-state index contributed by atoms with van der Waals surface area (Å²) in [6.07, 6.45) is 5.91. The van der Waals surface area contributed by atoms with Gasteiger partial charge in [-0.25, -0.2) is 0 Å². The van der Waals surface area contributed by atoms with E-state index in [9.17, 15) is 4.79 Å². The number of carbonyl (C=O) groups excluding carboxylic acids is 1. The second-order valence-electron chi connectivity index (χ2n) is 9.23. The predicted octanol–water partition coefficient (Wildman–Crippen LogP) is 3.02. The van der Waals surface area contributed by atoms with Crippen molar-refractivity contribution in [2.75, 3.05) is 13.6 Å². The molecule has 1 N–H and O–H groups in total. The van der Waals surface area contributed by atoms with Gasteiger partial charge in [0.25, 0.3) is 0 Å². The lowest BCUT2D eigenvalue weighted by Crippen LogP contribution is -3.08. The number of allylic oxidation sites excluding steroid dienone is 1. The summed E-state index contributed by atoms with van der Waals surface area (Å²) in [4.78, 5) is 14.0. The van der Waals surface area contributed by atoms with Gasteiger partial charge in [0.2, 0.25) is 0 Å². The van der Waals surface area contributed by atoms with Crippen molar-refractivity contribution < 1.29 is 14.4 Å². The molecule has 140 valence electrons. The molecule has 3 nitrogen and oxygen atoms in total. The van der Waals surface area contributed by atoms with Gasteiger partial charge in [0.1, 0.15) is 18.6 Å². The Morgan fingerprint density at radius 2 is 2.08 bits per heavy atom. The van der Waals surface area contributed by atoms with E-state index in [1.807, 2.05) is 6.07 Å². The fourth-order valence-corrected chi connectivity index (χ4v) is 5.88. The molecule has 1 saturated heterocycles. The molecule has 1 aromatic carbocycles. The van der Waals surface area contributed by atoms with Gasteiger partial charge >= 0.3 is 5.97 Å². The van der Waals surface area contributed by atoms with Crippen molar-refractivity contribution in [1.82, 2.24) is 0 Å². The molecule has 2 aliphatic carbocycles. The average Bonchev–Trinajstić information content (AvgIpc) is 2.88. The van der Waals surface area contributed by atoms with Gasteiger partial charge in [-0.1, -0.05) is 49.4 Å². The SMILES string of the molecule is C=C1CCC[C@@]2(C)C[C@H]3OC(=O)[C@@H](C[NH+](C)Cc4ccccc4)[C@@H]3C[C@@H]12. The van der Waals surface area contributed by atoms with Gasteiger partial charge in [-0.15, -0.1) is 0 Å². The van der Waals surface area contributed by atoms with Crippen LogP contribution in [0.2, 0.25) is 0 Å². The van der Waals surface area contributed by atoms with Crippen LogP contribution in [0.5, 0.6) is 0 Å². The fraction of sp³-hybridized carbons (Fsp3) is 0.609. The maximum Gasteiger partial charge on any atom is 0.315 e. The zero-order valence-corrected chi connectivity index (χ0v) is 16.2. The predicted molar refractivity (Wildman–Crippen MR) is 103 cm³/mol. The molecule has 26 heavy (non-hydrogen) atoms. The van der Waals surface area contributed by atoms with E-state index in [0.717, 1.165) is 32.4 Å². The third-order valence-corrected chi connectivity index (χ3v) is 7.24. The van der Waals surface area contributed by atoms with Crippen molar-refractivity contribution in [1.29, 1.82) is 0 Å². The molecule has 3 fully saturated rings. The first-order chi connectivity index (χ1) is 12.5. The Balaban J connectivity index is 1.46. The molecule has 0 aromatic heterocycles. The first-order valence-corrected chi connectivity index (χ1v) is 10.2. The van der Waals surface area contributed by atoms with Gasteiger partial charge in [0, 0.05) is 11.5 Å². The van der Waals surface area contributed by atoms with E-state index >= 15 is 0 Å². The van der Waals surface area contributed by atoms with Crippen molar-refractivity contribution >= 4 is 5.97 Å². The number of esters is 1. The molecule has 0 spiro atoms. The minimum atomic E-state index is 0.0419. The lowest BCUT2D eigenvalue weighted by atomic mass is 9.55. The van der Waals surface area contributed by atoms with E-state index in [4.69, 9.17) is 4.74 Å². The number of rotatable bonds is 4. The third kappa shape index (κ3) is 3.22. The molecular formula is C23H32NO2+. The van der Waals surface area contributed by atoms with Gasteiger partial charge < -0.3 is 9.64 Å². The second-order valence-corrected chi connectivity index (χ2v) is 9.23. The number of nitrogens with one attached hydrogen (secondary N) is 1. The van der Waals surface area contributed by atoms with Crippen molar-refractivity contribution in [3.63, 3.8) is 0 Å².